The predicted octanol–water partition coefficient (Wildman–Crippen LogP) is 2.86. The number of nitrogens with one attached hydrogen (secondary N) is 1. The van der Waals surface area contributed by atoms with Gasteiger partial charge in [0.25, 0.3) is 0 Å². The first-order valence-corrected chi connectivity index (χ1v) is 9.10. The van der Waals surface area contributed by atoms with Gasteiger partial charge in [-0.2, -0.15) is 0 Å². The van der Waals surface area contributed by atoms with E-state index in [2.05, 4.69) is 52.5 Å². The van der Waals surface area contributed by atoms with E-state index in [0.717, 1.165) is 50.7 Å². The molecule has 1 aliphatic rings. The maximum absolute atomic E-state index is 5.64. The lowest BCUT2D eigenvalue weighted by atomic mass is 10.0. The maximum atomic E-state index is 5.64. The molecule has 1 fully saturated rings. The fraction of sp³-hybridized carbons (Fsp3) is 0.364. The minimum atomic E-state index is 0.289. The number of rotatable bonds is 8. The van der Waals surface area contributed by atoms with Gasteiger partial charge in [0.1, 0.15) is 12.4 Å². The van der Waals surface area contributed by atoms with E-state index in [-0.39, 0.29) is 6.61 Å². The van der Waals surface area contributed by atoms with Crippen molar-refractivity contribution >= 4 is 0 Å². The molecule has 0 amide bonds. The third-order valence-electron chi connectivity index (χ3n) is 4.61. The van der Waals surface area contributed by atoms with Crippen LogP contribution in [0.3, 0.4) is 0 Å². The molecule has 1 heterocycles. The lowest BCUT2D eigenvalue weighted by Gasteiger charge is -2.35. The monoisotopic (exact) mass is 350 g/mol. The number of para-hydroxylation sites is 1. The van der Waals surface area contributed by atoms with Gasteiger partial charge in [-0.05, 0) is 11.6 Å². The summed E-state index contributed by atoms with van der Waals surface area (Å²) in [6, 6.07) is 19.0. The summed E-state index contributed by atoms with van der Waals surface area (Å²) in [5.41, 5.74) is 2.45. The summed E-state index contributed by atoms with van der Waals surface area (Å²) < 4.78 is 11.2. The number of benzene rings is 2. The maximum Gasteiger partial charge on any atom is 0.148 e. The summed E-state index contributed by atoms with van der Waals surface area (Å²) in [4.78, 5) is 2.49. The van der Waals surface area contributed by atoms with Gasteiger partial charge in [-0.1, -0.05) is 54.5 Å². The molecule has 2 aromatic carbocycles. The van der Waals surface area contributed by atoms with E-state index in [1.807, 2.05) is 18.2 Å². The number of hydrogen-bond acceptors (Lipinski definition) is 4. The third kappa shape index (κ3) is 5.09. The van der Waals surface area contributed by atoms with Crippen molar-refractivity contribution < 1.29 is 9.47 Å². The molecular weight excluding hydrogens is 324 g/mol. The molecule has 1 atom stereocenters. The van der Waals surface area contributed by atoms with E-state index < -0.39 is 0 Å². The SMILES string of the molecule is C#CCOc1ccccc1CNCC(c1ccccc1)N1CCOCC1. The highest BCUT2D eigenvalue weighted by Gasteiger charge is 2.22. The molecule has 136 valence electrons. The molecule has 4 nitrogen and oxygen atoms in total. The second-order valence-electron chi connectivity index (χ2n) is 6.31. The molecule has 2 aromatic rings. The van der Waals surface area contributed by atoms with Crippen molar-refractivity contribution in [1.82, 2.24) is 10.2 Å². The Balaban J connectivity index is 1.64. The zero-order valence-corrected chi connectivity index (χ0v) is 15.1. The van der Waals surface area contributed by atoms with Crippen molar-refractivity contribution in [2.75, 3.05) is 39.5 Å². The van der Waals surface area contributed by atoms with E-state index in [1.165, 1.54) is 5.56 Å². The molecule has 1 aliphatic heterocycles. The first kappa shape index (κ1) is 18.5. The van der Waals surface area contributed by atoms with E-state index >= 15 is 0 Å². The van der Waals surface area contributed by atoms with Crippen LogP contribution in [0.5, 0.6) is 5.75 Å². The van der Waals surface area contributed by atoms with Gasteiger partial charge in [0.15, 0.2) is 0 Å². The van der Waals surface area contributed by atoms with Crippen LogP contribution in [0.4, 0.5) is 0 Å². The van der Waals surface area contributed by atoms with Crippen molar-refractivity contribution in [1.29, 1.82) is 0 Å². The Labute approximate surface area is 156 Å². The van der Waals surface area contributed by atoms with Gasteiger partial charge in [-0.3, -0.25) is 4.90 Å². The highest BCUT2D eigenvalue weighted by molar-refractivity contribution is 5.33. The second-order valence-corrected chi connectivity index (χ2v) is 6.31. The summed E-state index contributed by atoms with van der Waals surface area (Å²) in [7, 11) is 0. The molecule has 1 unspecified atom stereocenters. The Morgan fingerprint density at radius 2 is 1.81 bits per heavy atom. The largest absolute Gasteiger partial charge is 0.481 e. The van der Waals surface area contributed by atoms with Gasteiger partial charge >= 0.3 is 0 Å². The van der Waals surface area contributed by atoms with Crippen molar-refractivity contribution in [3.63, 3.8) is 0 Å². The molecule has 0 spiro atoms. The molecule has 0 bridgehead atoms. The number of nitrogens with zero attached hydrogens (tertiary/aromatic N) is 1. The van der Waals surface area contributed by atoms with Crippen LogP contribution in [0, 0.1) is 12.3 Å². The van der Waals surface area contributed by atoms with Crippen LogP contribution in [0.1, 0.15) is 17.2 Å². The summed E-state index contributed by atoms with van der Waals surface area (Å²) in [6.07, 6.45) is 5.31. The van der Waals surface area contributed by atoms with Crippen LogP contribution >= 0.6 is 0 Å². The van der Waals surface area contributed by atoms with Gasteiger partial charge in [0.05, 0.1) is 13.2 Å². The minimum absolute atomic E-state index is 0.289. The minimum Gasteiger partial charge on any atom is -0.481 e. The fourth-order valence-electron chi connectivity index (χ4n) is 3.28. The summed E-state index contributed by atoms with van der Waals surface area (Å²) in [6.45, 7) is 5.42. The van der Waals surface area contributed by atoms with E-state index in [9.17, 15) is 0 Å². The first-order valence-electron chi connectivity index (χ1n) is 9.10. The molecule has 0 aliphatic carbocycles. The molecule has 26 heavy (non-hydrogen) atoms. The van der Waals surface area contributed by atoms with Gasteiger partial charge in [-0.15, -0.1) is 6.42 Å². The molecule has 0 saturated carbocycles. The van der Waals surface area contributed by atoms with Gasteiger partial charge in [0.2, 0.25) is 0 Å². The highest BCUT2D eigenvalue weighted by atomic mass is 16.5. The summed E-state index contributed by atoms with van der Waals surface area (Å²) in [5.74, 6) is 3.37. The van der Waals surface area contributed by atoms with Gasteiger partial charge < -0.3 is 14.8 Å². The predicted molar refractivity (Wildman–Crippen MR) is 104 cm³/mol. The first-order chi connectivity index (χ1) is 12.9. The van der Waals surface area contributed by atoms with E-state index in [0.29, 0.717) is 6.04 Å². The number of hydrogen-bond donors (Lipinski definition) is 1. The molecule has 4 heteroatoms. The molecular formula is C22H26N2O2. The van der Waals surface area contributed by atoms with Crippen molar-refractivity contribution in [2.45, 2.75) is 12.6 Å². The summed E-state index contributed by atoms with van der Waals surface area (Å²) >= 11 is 0. The molecule has 1 N–H and O–H groups in total. The Bertz CT molecular complexity index is 706. The van der Waals surface area contributed by atoms with Crippen molar-refractivity contribution in [3.8, 4) is 18.1 Å². The average molecular weight is 350 g/mol. The van der Waals surface area contributed by atoms with E-state index in [1.54, 1.807) is 0 Å². The quantitative estimate of drug-likeness (QED) is 0.743. The van der Waals surface area contributed by atoms with Gasteiger partial charge in [-0.25, -0.2) is 0 Å². The van der Waals surface area contributed by atoms with Crippen LogP contribution in [0.2, 0.25) is 0 Å². The number of morpholine rings is 1. The smallest absolute Gasteiger partial charge is 0.148 e. The fourth-order valence-corrected chi connectivity index (χ4v) is 3.28. The second kappa shape index (κ2) is 9.98. The van der Waals surface area contributed by atoms with Crippen LogP contribution < -0.4 is 10.1 Å². The topological polar surface area (TPSA) is 33.7 Å². The normalized spacial score (nSPS) is 16.0. The number of ether oxygens (including phenoxy) is 2. The Kier molecular flexibility index (Phi) is 7.09. The van der Waals surface area contributed by atoms with Gasteiger partial charge in [0, 0.05) is 37.8 Å². The zero-order chi connectivity index (χ0) is 18.0. The lowest BCUT2D eigenvalue weighted by molar-refractivity contribution is 0.0161. The van der Waals surface area contributed by atoms with Crippen LogP contribution in [0.25, 0.3) is 0 Å². The van der Waals surface area contributed by atoms with Crippen LogP contribution in [0.15, 0.2) is 54.6 Å². The molecule has 3 rings (SSSR count). The third-order valence-corrected chi connectivity index (χ3v) is 4.61. The average Bonchev–Trinajstić information content (AvgIpc) is 2.72. The Morgan fingerprint density at radius 1 is 1.08 bits per heavy atom. The highest BCUT2D eigenvalue weighted by Crippen LogP contribution is 2.22. The van der Waals surface area contributed by atoms with Crippen LogP contribution in [-0.2, 0) is 11.3 Å². The standard InChI is InChI=1S/C22H26N2O2/c1-2-14-26-22-11-7-6-10-20(22)17-23-18-21(19-8-4-3-5-9-19)24-12-15-25-16-13-24/h1,3-11,21,23H,12-18H2. The zero-order valence-electron chi connectivity index (χ0n) is 15.1. The molecule has 0 aromatic heterocycles. The molecule has 0 radical (unpaired) electrons. The van der Waals surface area contributed by atoms with Crippen LogP contribution in [-0.4, -0.2) is 44.4 Å². The lowest BCUT2D eigenvalue weighted by Crippen LogP contribution is -2.42. The Hall–Kier alpha value is -2.32. The van der Waals surface area contributed by atoms with E-state index in [4.69, 9.17) is 15.9 Å². The molecule has 1 saturated heterocycles. The summed E-state index contributed by atoms with van der Waals surface area (Å²) in [5, 5.41) is 3.60. The van der Waals surface area contributed by atoms with Crippen molar-refractivity contribution in [3.05, 3.63) is 65.7 Å². The Morgan fingerprint density at radius 3 is 2.58 bits per heavy atom. The van der Waals surface area contributed by atoms with Crippen molar-refractivity contribution in [2.24, 2.45) is 0 Å². The number of terminal acetylenes is 1.